The van der Waals surface area contributed by atoms with Crippen LogP contribution in [0.1, 0.15) is 52.4 Å². The van der Waals surface area contributed by atoms with Crippen LogP contribution >= 0.6 is 11.6 Å². The minimum atomic E-state index is 0.385. The zero-order chi connectivity index (χ0) is 10.4. The minimum absolute atomic E-state index is 0.385. The first-order valence-electron chi connectivity index (χ1n) is 6.01. The highest BCUT2D eigenvalue weighted by Crippen LogP contribution is 2.29. The molecule has 0 aliphatic heterocycles. The van der Waals surface area contributed by atoms with Gasteiger partial charge in [-0.3, -0.25) is 0 Å². The smallest absolute Gasteiger partial charge is 0.0603 e. The van der Waals surface area contributed by atoms with Gasteiger partial charge in [0.1, 0.15) is 0 Å². The number of unbranched alkanes of at least 4 members (excludes halogenated alkanes) is 1. The van der Waals surface area contributed by atoms with Crippen LogP contribution in [-0.2, 0) is 4.74 Å². The molecule has 0 N–H and O–H groups in total. The summed E-state index contributed by atoms with van der Waals surface area (Å²) in [5, 5.41) is 0.385. The summed E-state index contributed by atoms with van der Waals surface area (Å²) >= 11 is 5.90. The summed E-state index contributed by atoms with van der Waals surface area (Å²) in [5.41, 5.74) is 0. The number of alkyl halides is 1. The summed E-state index contributed by atoms with van der Waals surface area (Å²) in [6, 6.07) is 0. The molecule has 0 saturated heterocycles. The molecule has 0 amide bonds. The van der Waals surface area contributed by atoms with Gasteiger partial charge < -0.3 is 4.74 Å². The first-order valence-corrected chi connectivity index (χ1v) is 6.45. The normalized spacial score (nSPS) is 28.5. The fourth-order valence-electron chi connectivity index (χ4n) is 1.81. The van der Waals surface area contributed by atoms with Crippen molar-refractivity contribution in [3.05, 3.63) is 0 Å². The monoisotopic (exact) mass is 218 g/mol. The SMILES string of the molecule is CCCCC(CC)COC1CC(Cl)C1. The van der Waals surface area contributed by atoms with Gasteiger partial charge in [-0.25, -0.2) is 0 Å². The van der Waals surface area contributed by atoms with Crippen molar-refractivity contribution < 1.29 is 4.74 Å². The van der Waals surface area contributed by atoms with Crippen molar-refractivity contribution in [2.24, 2.45) is 5.92 Å². The standard InChI is InChI=1S/C12H23ClO/c1-3-5-6-10(4-2)9-14-12-7-11(13)8-12/h10-12H,3-9H2,1-2H3. The minimum Gasteiger partial charge on any atom is -0.378 e. The molecular weight excluding hydrogens is 196 g/mol. The quantitative estimate of drug-likeness (QED) is 0.588. The third-order valence-electron chi connectivity index (χ3n) is 3.15. The van der Waals surface area contributed by atoms with E-state index in [4.69, 9.17) is 16.3 Å². The van der Waals surface area contributed by atoms with Gasteiger partial charge in [0.15, 0.2) is 0 Å². The van der Waals surface area contributed by atoms with E-state index in [0.29, 0.717) is 11.5 Å². The molecule has 1 aliphatic rings. The molecule has 0 radical (unpaired) electrons. The Morgan fingerprint density at radius 1 is 1.36 bits per heavy atom. The first-order chi connectivity index (χ1) is 6.76. The van der Waals surface area contributed by atoms with Crippen LogP contribution in [0.25, 0.3) is 0 Å². The lowest BCUT2D eigenvalue weighted by Crippen LogP contribution is -2.33. The number of rotatable bonds is 7. The summed E-state index contributed by atoms with van der Waals surface area (Å²) in [6.45, 7) is 5.46. The molecule has 1 atom stereocenters. The van der Waals surface area contributed by atoms with Crippen molar-refractivity contribution in [3.8, 4) is 0 Å². The van der Waals surface area contributed by atoms with Crippen LogP contribution in [0.15, 0.2) is 0 Å². The van der Waals surface area contributed by atoms with Gasteiger partial charge >= 0.3 is 0 Å². The number of halogens is 1. The molecular formula is C12H23ClO. The van der Waals surface area contributed by atoms with Crippen molar-refractivity contribution in [1.82, 2.24) is 0 Å². The average molecular weight is 219 g/mol. The molecule has 0 aromatic heterocycles. The summed E-state index contributed by atoms with van der Waals surface area (Å²) < 4.78 is 5.81. The van der Waals surface area contributed by atoms with Gasteiger partial charge in [0.2, 0.25) is 0 Å². The second kappa shape index (κ2) is 6.68. The van der Waals surface area contributed by atoms with Crippen LogP contribution in [0.2, 0.25) is 0 Å². The molecule has 1 fully saturated rings. The predicted octanol–water partition coefficient (Wildman–Crippen LogP) is 3.99. The first kappa shape index (κ1) is 12.3. The Morgan fingerprint density at radius 2 is 2.07 bits per heavy atom. The highest BCUT2D eigenvalue weighted by molar-refractivity contribution is 6.21. The molecule has 0 heterocycles. The molecule has 0 spiro atoms. The summed E-state index contributed by atoms with van der Waals surface area (Å²) in [6.07, 6.45) is 7.79. The number of hydrogen-bond acceptors (Lipinski definition) is 1. The van der Waals surface area contributed by atoms with Gasteiger partial charge in [0, 0.05) is 12.0 Å². The van der Waals surface area contributed by atoms with Crippen LogP contribution < -0.4 is 0 Å². The lowest BCUT2D eigenvalue weighted by molar-refractivity contribution is -0.0156. The number of hydrogen-bond donors (Lipinski definition) is 0. The molecule has 1 rings (SSSR count). The molecule has 0 aromatic rings. The topological polar surface area (TPSA) is 9.23 Å². The van der Waals surface area contributed by atoms with E-state index in [0.717, 1.165) is 25.4 Å². The van der Waals surface area contributed by atoms with Gasteiger partial charge in [0.05, 0.1) is 6.10 Å². The Morgan fingerprint density at radius 3 is 2.57 bits per heavy atom. The highest BCUT2D eigenvalue weighted by Gasteiger charge is 2.28. The van der Waals surface area contributed by atoms with E-state index >= 15 is 0 Å². The second-order valence-corrected chi connectivity index (χ2v) is 5.06. The van der Waals surface area contributed by atoms with Gasteiger partial charge in [0.25, 0.3) is 0 Å². The number of ether oxygens (including phenoxy) is 1. The third-order valence-corrected chi connectivity index (χ3v) is 3.50. The Labute approximate surface area is 93.2 Å². The molecule has 2 heteroatoms. The van der Waals surface area contributed by atoms with Gasteiger partial charge in [-0.15, -0.1) is 11.6 Å². The zero-order valence-electron chi connectivity index (χ0n) is 9.47. The van der Waals surface area contributed by atoms with Crippen LogP contribution in [0.3, 0.4) is 0 Å². The van der Waals surface area contributed by atoms with Crippen molar-refractivity contribution in [1.29, 1.82) is 0 Å². The maximum absolute atomic E-state index is 5.90. The van der Waals surface area contributed by atoms with E-state index in [2.05, 4.69) is 13.8 Å². The fourth-order valence-corrected chi connectivity index (χ4v) is 2.21. The third kappa shape index (κ3) is 4.18. The fraction of sp³-hybridized carbons (Fsp3) is 1.00. The van der Waals surface area contributed by atoms with Crippen LogP contribution in [0.4, 0.5) is 0 Å². The van der Waals surface area contributed by atoms with Crippen molar-refractivity contribution in [2.45, 2.75) is 63.9 Å². The van der Waals surface area contributed by atoms with E-state index < -0.39 is 0 Å². The molecule has 1 aliphatic carbocycles. The molecule has 84 valence electrons. The van der Waals surface area contributed by atoms with Crippen LogP contribution in [0.5, 0.6) is 0 Å². The van der Waals surface area contributed by atoms with E-state index in [1.54, 1.807) is 0 Å². The van der Waals surface area contributed by atoms with E-state index in [-0.39, 0.29) is 0 Å². The summed E-state index contributed by atoms with van der Waals surface area (Å²) in [4.78, 5) is 0. The van der Waals surface area contributed by atoms with Gasteiger partial charge in [-0.2, -0.15) is 0 Å². The Hall–Kier alpha value is 0.250. The van der Waals surface area contributed by atoms with Crippen molar-refractivity contribution in [3.63, 3.8) is 0 Å². The molecule has 0 aromatic carbocycles. The van der Waals surface area contributed by atoms with E-state index in [1.807, 2.05) is 0 Å². The van der Waals surface area contributed by atoms with E-state index in [1.165, 1.54) is 25.7 Å². The maximum Gasteiger partial charge on any atom is 0.0603 e. The molecule has 0 bridgehead atoms. The lowest BCUT2D eigenvalue weighted by Gasteiger charge is -2.32. The molecule has 1 nitrogen and oxygen atoms in total. The lowest BCUT2D eigenvalue weighted by atomic mass is 9.94. The largest absolute Gasteiger partial charge is 0.378 e. The Balaban J connectivity index is 2.02. The van der Waals surface area contributed by atoms with E-state index in [9.17, 15) is 0 Å². The average Bonchev–Trinajstić information content (AvgIpc) is 2.15. The predicted molar refractivity (Wildman–Crippen MR) is 61.9 cm³/mol. The summed E-state index contributed by atoms with van der Waals surface area (Å²) in [5.74, 6) is 0.768. The van der Waals surface area contributed by atoms with Gasteiger partial charge in [-0.05, 0) is 25.2 Å². The second-order valence-electron chi connectivity index (χ2n) is 4.44. The molecule has 1 saturated carbocycles. The maximum atomic E-state index is 5.90. The van der Waals surface area contributed by atoms with Crippen LogP contribution in [0, 0.1) is 5.92 Å². The van der Waals surface area contributed by atoms with Crippen LogP contribution in [-0.4, -0.2) is 18.1 Å². The Bertz CT molecular complexity index is 143. The van der Waals surface area contributed by atoms with Crippen molar-refractivity contribution in [2.75, 3.05) is 6.61 Å². The van der Waals surface area contributed by atoms with Gasteiger partial charge in [-0.1, -0.05) is 33.1 Å². The molecule has 1 unspecified atom stereocenters. The molecule has 14 heavy (non-hydrogen) atoms. The summed E-state index contributed by atoms with van der Waals surface area (Å²) in [7, 11) is 0. The zero-order valence-corrected chi connectivity index (χ0v) is 10.2. The highest BCUT2D eigenvalue weighted by atomic mass is 35.5. The Kier molecular flexibility index (Phi) is 5.88. The van der Waals surface area contributed by atoms with Crippen molar-refractivity contribution >= 4 is 11.6 Å².